The Kier molecular flexibility index (Phi) is 4.06. The van der Waals surface area contributed by atoms with Crippen LogP contribution in [0.15, 0.2) is 42.6 Å². The molecule has 2 aromatic rings. The average molecular weight is 302 g/mol. The predicted molar refractivity (Wildman–Crippen MR) is 85.1 cm³/mol. The van der Waals surface area contributed by atoms with Gasteiger partial charge in [-0.2, -0.15) is 0 Å². The molecule has 108 valence electrons. The van der Waals surface area contributed by atoms with Crippen molar-refractivity contribution in [3.8, 4) is 0 Å². The summed E-state index contributed by atoms with van der Waals surface area (Å²) in [5.41, 5.74) is 1.63. The third-order valence-corrected chi connectivity index (χ3v) is 3.78. The number of benzene rings is 1. The van der Waals surface area contributed by atoms with Gasteiger partial charge in [0.2, 0.25) is 0 Å². The molecule has 1 aromatic heterocycles. The Morgan fingerprint density at radius 3 is 2.67 bits per heavy atom. The molecule has 21 heavy (non-hydrogen) atoms. The zero-order valence-electron chi connectivity index (χ0n) is 11.6. The van der Waals surface area contributed by atoms with Crippen LogP contribution in [0.5, 0.6) is 0 Å². The highest BCUT2D eigenvalue weighted by atomic mass is 35.5. The normalized spacial score (nSPS) is 14.2. The summed E-state index contributed by atoms with van der Waals surface area (Å²) in [7, 11) is 0. The molecule has 0 unspecified atom stereocenters. The second kappa shape index (κ2) is 6.14. The molecule has 0 bridgehead atoms. The number of anilines is 2. The van der Waals surface area contributed by atoms with E-state index in [2.05, 4.69) is 15.2 Å². The zero-order valence-corrected chi connectivity index (χ0v) is 12.3. The number of hydrogen-bond acceptors (Lipinski definition) is 3. The topological polar surface area (TPSA) is 45.2 Å². The molecule has 1 N–H and O–H groups in total. The predicted octanol–water partition coefficient (Wildman–Crippen LogP) is 3.59. The summed E-state index contributed by atoms with van der Waals surface area (Å²) in [5, 5.41) is 3.32. The minimum Gasteiger partial charge on any atom is -0.370 e. The molecule has 0 radical (unpaired) electrons. The van der Waals surface area contributed by atoms with E-state index in [1.54, 1.807) is 30.5 Å². The molecule has 4 nitrogen and oxygen atoms in total. The standard InChI is InChI=1S/C16H16ClN3O/c17-13-5-3-4-12(10-13)16(21)19-15-7-6-14(11-18-15)20-8-1-2-9-20/h3-7,10-11H,1-2,8-9H2,(H,18,19,21). The van der Waals surface area contributed by atoms with Crippen molar-refractivity contribution in [3.05, 3.63) is 53.2 Å². The first-order valence-electron chi connectivity index (χ1n) is 7.00. The first-order chi connectivity index (χ1) is 10.2. The van der Waals surface area contributed by atoms with Gasteiger partial charge in [0.15, 0.2) is 0 Å². The van der Waals surface area contributed by atoms with Gasteiger partial charge in [-0.1, -0.05) is 17.7 Å². The van der Waals surface area contributed by atoms with Crippen molar-refractivity contribution in [2.45, 2.75) is 12.8 Å². The van der Waals surface area contributed by atoms with Crippen LogP contribution in [0, 0.1) is 0 Å². The number of nitrogens with zero attached hydrogens (tertiary/aromatic N) is 2. The molecule has 1 saturated heterocycles. The molecule has 3 rings (SSSR count). The van der Waals surface area contributed by atoms with E-state index in [-0.39, 0.29) is 5.91 Å². The fourth-order valence-electron chi connectivity index (χ4n) is 2.44. The molecular weight excluding hydrogens is 286 g/mol. The molecule has 0 atom stereocenters. The van der Waals surface area contributed by atoms with Crippen LogP contribution in [0.4, 0.5) is 11.5 Å². The smallest absolute Gasteiger partial charge is 0.256 e. The largest absolute Gasteiger partial charge is 0.370 e. The number of aromatic nitrogens is 1. The van der Waals surface area contributed by atoms with Crippen molar-refractivity contribution >= 4 is 29.0 Å². The molecule has 1 fully saturated rings. The molecule has 5 heteroatoms. The number of pyridine rings is 1. The van der Waals surface area contributed by atoms with Crippen LogP contribution in [0.1, 0.15) is 23.2 Å². The Bertz CT molecular complexity index is 636. The highest BCUT2D eigenvalue weighted by molar-refractivity contribution is 6.31. The summed E-state index contributed by atoms with van der Waals surface area (Å²) in [6, 6.07) is 10.7. The Hall–Kier alpha value is -2.07. The van der Waals surface area contributed by atoms with E-state index in [1.807, 2.05) is 12.1 Å². The first kappa shape index (κ1) is 13.9. The summed E-state index contributed by atoms with van der Waals surface area (Å²) >= 11 is 5.88. The van der Waals surface area contributed by atoms with Crippen molar-refractivity contribution in [2.75, 3.05) is 23.3 Å². The van der Waals surface area contributed by atoms with Crippen LogP contribution >= 0.6 is 11.6 Å². The fraction of sp³-hybridized carbons (Fsp3) is 0.250. The van der Waals surface area contributed by atoms with Crippen molar-refractivity contribution in [3.63, 3.8) is 0 Å². The summed E-state index contributed by atoms with van der Waals surface area (Å²) in [6.07, 6.45) is 4.26. The van der Waals surface area contributed by atoms with Crippen LogP contribution in [0.2, 0.25) is 5.02 Å². The minimum absolute atomic E-state index is 0.209. The maximum Gasteiger partial charge on any atom is 0.256 e. The van der Waals surface area contributed by atoms with Crippen molar-refractivity contribution < 1.29 is 4.79 Å². The average Bonchev–Trinajstić information content (AvgIpc) is 3.02. The number of rotatable bonds is 3. The van der Waals surface area contributed by atoms with E-state index in [1.165, 1.54) is 12.8 Å². The second-order valence-corrected chi connectivity index (χ2v) is 5.50. The monoisotopic (exact) mass is 301 g/mol. The van der Waals surface area contributed by atoms with Gasteiger partial charge in [-0.15, -0.1) is 0 Å². The summed E-state index contributed by atoms with van der Waals surface area (Å²) < 4.78 is 0. The lowest BCUT2D eigenvalue weighted by molar-refractivity contribution is 0.102. The van der Waals surface area contributed by atoms with Gasteiger partial charge in [-0.3, -0.25) is 4.79 Å². The van der Waals surface area contributed by atoms with Gasteiger partial charge in [0.25, 0.3) is 5.91 Å². The van der Waals surface area contributed by atoms with Crippen LogP contribution in [-0.2, 0) is 0 Å². The number of carbonyl (C=O) groups is 1. The summed E-state index contributed by atoms with van der Waals surface area (Å²) in [4.78, 5) is 18.7. The summed E-state index contributed by atoms with van der Waals surface area (Å²) in [5.74, 6) is 0.335. The van der Waals surface area contributed by atoms with Crippen molar-refractivity contribution in [1.29, 1.82) is 0 Å². The summed E-state index contributed by atoms with van der Waals surface area (Å²) in [6.45, 7) is 2.16. The van der Waals surface area contributed by atoms with E-state index in [4.69, 9.17) is 11.6 Å². The number of nitrogens with one attached hydrogen (secondary N) is 1. The Labute approximate surface area is 128 Å². The molecule has 0 spiro atoms. The van der Waals surface area contributed by atoms with E-state index < -0.39 is 0 Å². The third kappa shape index (κ3) is 3.34. The molecule has 0 aliphatic carbocycles. The minimum atomic E-state index is -0.209. The van der Waals surface area contributed by atoms with Gasteiger partial charge in [0.05, 0.1) is 11.9 Å². The molecule has 2 heterocycles. The third-order valence-electron chi connectivity index (χ3n) is 3.55. The SMILES string of the molecule is O=C(Nc1ccc(N2CCCC2)cn1)c1cccc(Cl)c1. The Morgan fingerprint density at radius 2 is 2.00 bits per heavy atom. The van der Waals surface area contributed by atoms with E-state index in [0.717, 1.165) is 18.8 Å². The molecule has 0 saturated carbocycles. The van der Waals surface area contributed by atoms with E-state index in [0.29, 0.717) is 16.4 Å². The van der Waals surface area contributed by atoms with E-state index in [9.17, 15) is 4.79 Å². The molecule has 1 aliphatic heterocycles. The van der Waals surface area contributed by atoms with Crippen LogP contribution in [0.3, 0.4) is 0 Å². The van der Waals surface area contributed by atoms with Crippen molar-refractivity contribution in [2.24, 2.45) is 0 Å². The zero-order chi connectivity index (χ0) is 14.7. The van der Waals surface area contributed by atoms with Gasteiger partial charge in [0, 0.05) is 23.7 Å². The van der Waals surface area contributed by atoms with Gasteiger partial charge in [0.1, 0.15) is 5.82 Å². The van der Waals surface area contributed by atoms with Crippen LogP contribution < -0.4 is 10.2 Å². The lowest BCUT2D eigenvalue weighted by Crippen LogP contribution is -2.18. The lowest BCUT2D eigenvalue weighted by atomic mass is 10.2. The molecule has 1 amide bonds. The molecule has 1 aliphatic rings. The van der Waals surface area contributed by atoms with Gasteiger partial charge in [-0.05, 0) is 43.2 Å². The van der Waals surface area contributed by atoms with Gasteiger partial charge >= 0.3 is 0 Å². The maximum absolute atomic E-state index is 12.1. The molecule has 1 aromatic carbocycles. The van der Waals surface area contributed by atoms with Crippen LogP contribution in [0.25, 0.3) is 0 Å². The van der Waals surface area contributed by atoms with E-state index >= 15 is 0 Å². The van der Waals surface area contributed by atoms with Gasteiger partial charge < -0.3 is 10.2 Å². The number of halogens is 1. The maximum atomic E-state index is 12.1. The van der Waals surface area contributed by atoms with Crippen molar-refractivity contribution in [1.82, 2.24) is 4.98 Å². The number of hydrogen-bond donors (Lipinski definition) is 1. The first-order valence-corrected chi connectivity index (χ1v) is 7.38. The highest BCUT2D eigenvalue weighted by Gasteiger charge is 2.13. The lowest BCUT2D eigenvalue weighted by Gasteiger charge is -2.17. The Balaban J connectivity index is 1.68. The second-order valence-electron chi connectivity index (χ2n) is 5.06. The quantitative estimate of drug-likeness (QED) is 0.942. The highest BCUT2D eigenvalue weighted by Crippen LogP contribution is 2.20. The van der Waals surface area contributed by atoms with Gasteiger partial charge in [-0.25, -0.2) is 4.98 Å². The fourth-order valence-corrected chi connectivity index (χ4v) is 2.63. The van der Waals surface area contributed by atoms with Crippen LogP contribution in [-0.4, -0.2) is 24.0 Å². The molecular formula is C16H16ClN3O. The number of carbonyl (C=O) groups excluding carboxylic acids is 1. The number of amides is 1. The Morgan fingerprint density at radius 1 is 1.19 bits per heavy atom.